The monoisotopic (exact) mass is 231 g/mol. The number of hydrogen-bond donors (Lipinski definition) is 0. The first-order valence-electron chi connectivity index (χ1n) is 5.45. The first kappa shape index (κ1) is 10.2. The summed E-state index contributed by atoms with van der Waals surface area (Å²) in [6.07, 6.45) is -1.34. The van der Waals surface area contributed by atoms with Gasteiger partial charge in [-0.1, -0.05) is 42.5 Å². The first-order chi connectivity index (χ1) is 8.18. The number of halogens is 1. The van der Waals surface area contributed by atoms with Gasteiger partial charge in [0.2, 0.25) is 0 Å². The lowest BCUT2D eigenvalue weighted by molar-refractivity contribution is -0.499. The fourth-order valence-electron chi connectivity index (χ4n) is 2.30. The first-order valence-corrected chi connectivity index (χ1v) is 5.45. The Morgan fingerprint density at radius 1 is 1.12 bits per heavy atom. The highest BCUT2D eigenvalue weighted by Crippen LogP contribution is 2.46. The van der Waals surface area contributed by atoms with Crippen molar-refractivity contribution in [1.82, 2.24) is 0 Å². The summed E-state index contributed by atoms with van der Waals surface area (Å²) in [7, 11) is 0. The van der Waals surface area contributed by atoms with Crippen LogP contribution >= 0.6 is 0 Å². The molecule has 2 aromatic rings. The van der Waals surface area contributed by atoms with Gasteiger partial charge in [0.05, 0.1) is 5.92 Å². The van der Waals surface area contributed by atoms with Gasteiger partial charge in [-0.05, 0) is 16.3 Å². The molecule has 0 aromatic heterocycles. The van der Waals surface area contributed by atoms with Gasteiger partial charge >= 0.3 is 0 Å². The standard InChI is InChI=1S/C13H10FNO2/c14-12-11(13(12)15(16)17)10-6-5-8-3-1-2-4-9(8)7-10/h1-7,11-13H/t11-,12+,13+/m0/s1. The molecule has 3 atom stereocenters. The number of fused-ring (bicyclic) bond motifs is 1. The summed E-state index contributed by atoms with van der Waals surface area (Å²) in [5.74, 6) is -0.574. The van der Waals surface area contributed by atoms with Gasteiger partial charge in [-0.25, -0.2) is 4.39 Å². The van der Waals surface area contributed by atoms with Crippen molar-refractivity contribution in [3.05, 3.63) is 58.1 Å². The molecule has 86 valence electrons. The van der Waals surface area contributed by atoms with Crippen molar-refractivity contribution in [3.8, 4) is 0 Å². The van der Waals surface area contributed by atoms with E-state index in [-0.39, 0.29) is 0 Å². The lowest BCUT2D eigenvalue weighted by atomic mass is 10.0. The molecule has 0 amide bonds. The number of hydrogen-bond acceptors (Lipinski definition) is 2. The van der Waals surface area contributed by atoms with Gasteiger partial charge in [-0.3, -0.25) is 10.1 Å². The maximum atomic E-state index is 13.3. The van der Waals surface area contributed by atoms with E-state index in [0.29, 0.717) is 0 Å². The summed E-state index contributed by atoms with van der Waals surface area (Å²) in [4.78, 5) is 10.1. The fourth-order valence-corrected chi connectivity index (χ4v) is 2.30. The second-order valence-corrected chi connectivity index (χ2v) is 4.35. The van der Waals surface area contributed by atoms with Crippen LogP contribution in [0.2, 0.25) is 0 Å². The van der Waals surface area contributed by atoms with Crippen LogP contribution in [0, 0.1) is 10.1 Å². The highest BCUT2D eigenvalue weighted by molar-refractivity contribution is 5.83. The lowest BCUT2D eigenvalue weighted by Gasteiger charge is -2.00. The molecular weight excluding hydrogens is 221 g/mol. The minimum Gasteiger partial charge on any atom is -0.264 e. The molecule has 0 radical (unpaired) electrons. The van der Waals surface area contributed by atoms with Gasteiger partial charge in [-0.2, -0.15) is 0 Å². The third kappa shape index (κ3) is 1.56. The Balaban J connectivity index is 2.00. The lowest BCUT2D eigenvalue weighted by Crippen LogP contribution is -2.04. The molecule has 0 aliphatic heterocycles. The highest BCUT2D eigenvalue weighted by Gasteiger charge is 2.62. The van der Waals surface area contributed by atoms with Gasteiger partial charge < -0.3 is 0 Å². The van der Waals surface area contributed by atoms with Crippen molar-refractivity contribution in [3.63, 3.8) is 0 Å². The van der Waals surface area contributed by atoms with E-state index >= 15 is 0 Å². The van der Waals surface area contributed by atoms with Gasteiger partial charge in [-0.15, -0.1) is 0 Å². The zero-order chi connectivity index (χ0) is 12.0. The summed E-state index contributed by atoms with van der Waals surface area (Å²) in [5, 5.41) is 12.6. The number of benzene rings is 2. The summed E-state index contributed by atoms with van der Waals surface area (Å²) in [5.41, 5.74) is 0.720. The summed E-state index contributed by atoms with van der Waals surface area (Å²) in [6, 6.07) is 12.2. The van der Waals surface area contributed by atoms with Gasteiger partial charge in [0.15, 0.2) is 6.17 Å². The van der Waals surface area contributed by atoms with Crippen LogP contribution in [0.15, 0.2) is 42.5 Å². The predicted molar refractivity (Wildman–Crippen MR) is 62.4 cm³/mol. The number of rotatable bonds is 2. The molecule has 17 heavy (non-hydrogen) atoms. The molecule has 1 aliphatic rings. The summed E-state index contributed by atoms with van der Waals surface area (Å²) < 4.78 is 13.3. The average molecular weight is 231 g/mol. The number of nitrogens with zero attached hydrogens (tertiary/aromatic N) is 1. The van der Waals surface area contributed by atoms with Crippen molar-refractivity contribution in [1.29, 1.82) is 0 Å². The van der Waals surface area contributed by atoms with E-state index in [1.165, 1.54) is 0 Å². The van der Waals surface area contributed by atoms with Gasteiger partial charge in [0.25, 0.3) is 6.04 Å². The Morgan fingerprint density at radius 2 is 1.82 bits per heavy atom. The Hall–Kier alpha value is -1.97. The van der Waals surface area contributed by atoms with E-state index in [1.54, 1.807) is 6.07 Å². The Bertz CT molecular complexity index is 599. The average Bonchev–Trinajstić information content (AvgIpc) is 3.00. The van der Waals surface area contributed by atoms with E-state index in [2.05, 4.69) is 0 Å². The smallest absolute Gasteiger partial charge is 0.254 e. The molecule has 0 bridgehead atoms. The van der Waals surface area contributed by atoms with Crippen LogP contribution in [-0.4, -0.2) is 17.1 Å². The minimum atomic E-state index is -1.34. The van der Waals surface area contributed by atoms with Crippen LogP contribution in [0.5, 0.6) is 0 Å². The third-order valence-electron chi connectivity index (χ3n) is 3.30. The largest absolute Gasteiger partial charge is 0.264 e. The molecule has 0 unspecified atom stereocenters. The fraction of sp³-hybridized carbons (Fsp3) is 0.231. The van der Waals surface area contributed by atoms with Crippen LogP contribution in [-0.2, 0) is 0 Å². The van der Waals surface area contributed by atoms with Crippen LogP contribution in [0.3, 0.4) is 0 Å². The Kier molecular flexibility index (Phi) is 2.11. The molecule has 0 spiro atoms. The Morgan fingerprint density at radius 3 is 2.47 bits per heavy atom. The molecule has 0 N–H and O–H groups in total. The SMILES string of the molecule is O=[N+]([O-])[C@H]1[C@H](F)[C@@H]1c1ccc2ccccc2c1. The molecule has 2 aromatic carbocycles. The van der Waals surface area contributed by atoms with Crippen molar-refractivity contribution < 1.29 is 9.31 Å². The van der Waals surface area contributed by atoms with Crippen molar-refractivity contribution in [2.45, 2.75) is 18.1 Å². The molecule has 0 heterocycles. The summed E-state index contributed by atoms with van der Waals surface area (Å²) >= 11 is 0. The Labute approximate surface area is 97.0 Å². The maximum absolute atomic E-state index is 13.3. The normalized spacial score (nSPS) is 27.0. The van der Waals surface area contributed by atoms with Crippen molar-refractivity contribution >= 4 is 10.8 Å². The third-order valence-corrected chi connectivity index (χ3v) is 3.30. The second-order valence-electron chi connectivity index (χ2n) is 4.35. The molecule has 1 saturated carbocycles. The van der Waals surface area contributed by atoms with E-state index in [1.807, 2.05) is 36.4 Å². The van der Waals surface area contributed by atoms with Crippen LogP contribution in [0.25, 0.3) is 10.8 Å². The van der Waals surface area contributed by atoms with E-state index in [4.69, 9.17) is 0 Å². The van der Waals surface area contributed by atoms with Crippen molar-refractivity contribution in [2.24, 2.45) is 0 Å². The van der Waals surface area contributed by atoms with E-state index in [9.17, 15) is 14.5 Å². The topological polar surface area (TPSA) is 43.1 Å². The van der Waals surface area contributed by atoms with Crippen LogP contribution < -0.4 is 0 Å². The van der Waals surface area contributed by atoms with E-state index < -0.39 is 23.1 Å². The van der Waals surface area contributed by atoms with Crippen LogP contribution in [0.1, 0.15) is 11.5 Å². The quantitative estimate of drug-likeness (QED) is 0.589. The molecule has 1 fully saturated rings. The van der Waals surface area contributed by atoms with Crippen LogP contribution in [0.4, 0.5) is 4.39 Å². The van der Waals surface area contributed by atoms with Crippen molar-refractivity contribution in [2.75, 3.05) is 0 Å². The van der Waals surface area contributed by atoms with E-state index in [0.717, 1.165) is 16.3 Å². The van der Waals surface area contributed by atoms with Gasteiger partial charge in [0.1, 0.15) is 0 Å². The second kappa shape index (κ2) is 3.52. The molecule has 1 aliphatic carbocycles. The number of nitro groups is 1. The molecule has 4 heteroatoms. The molecule has 3 nitrogen and oxygen atoms in total. The molecule has 0 saturated heterocycles. The minimum absolute atomic E-state index is 0.523. The zero-order valence-corrected chi connectivity index (χ0v) is 8.92. The predicted octanol–water partition coefficient (Wildman–Crippen LogP) is 2.92. The highest BCUT2D eigenvalue weighted by atomic mass is 19.1. The maximum Gasteiger partial charge on any atom is 0.254 e. The summed E-state index contributed by atoms with van der Waals surface area (Å²) in [6.45, 7) is 0. The molecular formula is C13H10FNO2. The van der Waals surface area contributed by atoms with Gasteiger partial charge in [0, 0.05) is 4.92 Å². The molecule has 3 rings (SSSR count). The zero-order valence-electron chi connectivity index (χ0n) is 8.92. The number of alkyl halides is 1.